The van der Waals surface area contributed by atoms with E-state index < -0.39 is 0 Å². The Balaban J connectivity index is 2.12. The smallest absolute Gasteiger partial charge is 0.336 e. The van der Waals surface area contributed by atoms with Crippen molar-refractivity contribution < 1.29 is 9.15 Å². The van der Waals surface area contributed by atoms with Gasteiger partial charge in [0.2, 0.25) is 0 Å². The summed E-state index contributed by atoms with van der Waals surface area (Å²) in [4.78, 5) is 11.1. The van der Waals surface area contributed by atoms with Crippen LogP contribution in [-0.2, 0) is 6.42 Å². The predicted octanol–water partition coefficient (Wildman–Crippen LogP) is 2.75. The third-order valence-electron chi connectivity index (χ3n) is 3.25. The largest absolute Gasteiger partial charge is 0.489 e. The topological polar surface area (TPSA) is 39.4 Å². The molecular weight excluding hydrogens is 216 g/mol. The summed E-state index contributed by atoms with van der Waals surface area (Å²) >= 11 is 0. The number of rotatable bonds is 1. The fourth-order valence-corrected chi connectivity index (χ4v) is 2.21. The Bertz CT molecular complexity index is 625. The Labute approximate surface area is 99.0 Å². The molecule has 3 rings (SSSR count). The molecule has 0 spiro atoms. The van der Waals surface area contributed by atoms with Crippen LogP contribution in [0.15, 0.2) is 33.5 Å². The van der Waals surface area contributed by atoms with Gasteiger partial charge in [-0.05, 0) is 23.6 Å². The third kappa shape index (κ3) is 1.71. The van der Waals surface area contributed by atoms with E-state index in [0.717, 1.165) is 17.6 Å². The summed E-state index contributed by atoms with van der Waals surface area (Å²) in [6, 6.07) is 7.12. The van der Waals surface area contributed by atoms with Crippen molar-refractivity contribution >= 4 is 11.0 Å². The summed E-state index contributed by atoms with van der Waals surface area (Å²) in [5.74, 6) is 1.34. The summed E-state index contributed by atoms with van der Waals surface area (Å²) in [5, 5.41) is 0.955. The summed E-state index contributed by atoms with van der Waals surface area (Å²) < 4.78 is 11.0. The van der Waals surface area contributed by atoms with Crippen molar-refractivity contribution in [2.75, 3.05) is 0 Å². The highest BCUT2D eigenvalue weighted by Gasteiger charge is 2.26. The minimum Gasteiger partial charge on any atom is -0.489 e. The molecule has 0 amide bonds. The van der Waals surface area contributed by atoms with Crippen molar-refractivity contribution in [3.8, 4) is 5.75 Å². The summed E-state index contributed by atoms with van der Waals surface area (Å²) in [6.07, 6.45) is 1.16. The molecular formula is C14H14O3. The number of benzene rings is 1. The lowest BCUT2D eigenvalue weighted by molar-refractivity contribution is 0.179. The minimum absolute atomic E-state index is 0.230. The van der Waals surface area contributed by atoms with E-state index >= 15 is 0 Å². The Kier molecular flexibility index (Phi) is 2.21. The van der Waals surface area contributed by atoms with Gasteiger partial charge in [-0.2, -0.15) is 0 Å². The average molecular weight is 230 g/mol. The number of fused-ring (bicyclic) bond motifs is 2. The van der Waals surface area contributed by atoms with E-state index in [1.807, 2.05) is 6.07 Å². The van der Waals surface area contributed by atoms with Gasteiger partial charge in [0.15, 0.2) is 0 Å². The molecule has 0 aliphatic carbocycles. The van der Waals surface area contributed by atoms with Gasteiger partial charge in [0, 0.05) is 23.9 Å². The molecule has 1 aliphatic heterocycles. The van der Waals surface area contributed by atoms with E-state index in [4.69, 9.17) is 9.15 Å². The summed E-state index contributed by atoms with van der Waals surface area (Å²) in [7, 11) is 0. The molecule has 1 aromatic carbocycles. The van der Waals surface area contributed by atoms with Gasteiger partial charge in [-0.3, -0.25) is 0 Å². The van der Waals surface area contributed by atoms with Crippen LogP contribution >= 0.6 is 0 Å². The first-order valence-corrected chi connectivity index (χ1v) is 5.87. The van der Waals surface area contributed by atoms with E-state index in [1.54, 1.807) is 6.07 Å². The molecule has 3 heteroatoms. The molecule has 0 radical (unpaired) electrons. The van der Waals surface area contributed by atoms with Crippen LogP contribution in [0, 0.1) is 5.92 Å². The number of ether oxygens (including phenoxy) is 1. The Morgan fingerprint density at radius 1 is 1.29 bits per heavy atom. The lowest BCUT2D eigenvalue weighted by atomic mass is 10.0. The Hall–Kier alpha value is -1.77. The van der Waals surface area contributed by atoms with Gasteiger partial charge in [0.05, 0.1) is 0 Å². The highest BCUT2D eigenvalue weighted by Crippen LogP contribution is 2.34. The van der Waals surface area contributed by atoms with Crippen LogP contribution in [0.2, 0.25) is 0 Å². The lowest BCUT2D eigenvalue weighted by Crippen LogP contribution is -2.19. The zero-order chi connectivity index (χ0) is 12.0. The second kappa shape index (κ2) is 3.62. The van der Waals surface area contributed by atoms with Crippen molar-refractivity contribution in [3.05, 3.63) is 40.2 Å². The number of hydrogen-bond donors (Lipinski definition) is 0. The second-order valence-corrected chi connectivity index (χ2v) is 4.86. The van der Waals surface area contributed by atoms with Gasteiger partial charge in [-0.25, -0.2) is 4.79 Å². The average Bonchev–Trinajstić information content (AvgIpc) is 2.68. The molecule has 0 saturated heterocycles. The zero-order valence-electron chi connectivity index (χ0n) is 9.90. The molecule has 2 heterocycles. The molecule has 3 nitrogen and oxygen atoms in total. The molecule has 88 valence electrons. The minimum atomic E-state index is -0.323. The van der Waals surface area contributed by atoms with Crippen LogP contribution in [-0.4, -0.2) is 6.10 Å². The van der Waals surface area contributed by atoms with E-state index in [9.17, 15) is 4.79 Å². The van der Waals surface area contributed by atoms with E-state index in [2.05, 4.69) is 19.9 Å². The van der Waals surface area contributed by atoms with Gasteiger partial charge in [0.25, 0.3) is 0 Å². The van der Waals surface area contributed by atoms with Crippen molar-refractivity contribution in [2.24, 2.45) is 5.92 Å². The van der Waals surface area contributed by atoms with Gasteiger partial charge >= 0.3 is 5.63 Å². The van der Waals surface area contributed by atoms with Gasteiger partial charge < -0.3 is 9.15 Å². The van der Waals surface area contributed by atoms with Crippen LogP contribution in [0.4, 0.5) is 0 Å². The highest BCUT2D eigenvalue weighted by atomic mass is 16.5. The maximum absolute atomic E-state index is 11.1. The molecule has 0 unspecified atom stereocenters. The molecule has 17 heavy (non-hydrogen) atoms. The molecule has 0 N–H and O–H groups in total. The van der Waals surface area contributed by atoms with Crippen molar-refractivity contribution in [2.45, 2.75) is 26.4 Å². The first-order chi connectivity index (χ1) is 8.13. The van der Waals surface area contributed by atoms with Gasteiger partial charge in [0.1, 0.15) is 17.4 Å². The van der Waals surface area contributed by atoms with E-state index in [1.165, 1.54) is 11.6 Å². The van der Waals surface area contributed by atoms with Crippen LogP contribution in [0.1, 0.15) is 19.4 Å². The van der Waals surface area contributed by atoms with Crippen LogP contribution in [0.3, 0.4) is 0 Å². The normalized spacial score (nSPS) is 18.4. The molecule has 1 aromatic heterocycles. The van der Waals surface area contributed by atoms with Gasteiger partial charge in [-0.1, -0.05) is 13.8 Å². The molecule has 0 fully saturated rings. The third-order valence-corrected chi connectivity index (χ3v) is 3.25. The maximum atomic E-state index is 11.1. The molecule has 1 atom stereocenters. The first kappa shape index (κ1) is 10.4. The van der Waals surface area contributed by atoms with Crippen LogP contribution < -0.4 is 10.4 Å². The van der Waals surface area contributed by atoms with Crippen molar-refractivity contribution in [1.29, 1.82) is 0 Å². The summed E-state index contributed by atoms with van der Waals surface area (Å²) in [6.45, 7) is 4.30. The Morgan fingerprint density at radius 2 is 2.12 bits per heavy atom. The fourth-order valence-electron chi connectivity index (χ4n) is 2.21. The molecule has 2 aromatic rings. The highest BCUT2D eigenvalue weighted by molar-refractivity contribution is 5.79. The summed E-state index contributed by atoms with van der Waals surface area (Å²) in [5.41, 5.74) is 1.47. The maximum Gasteiger partial charge on any atom is 0.336 e. The van der Waals surface area contributed by atoms with Crippen molar-refractivity contribution in [3.63, 3.8) is 0 Å². The molecule has 0 bridgehead atoms. The van der Waals surface area contributed by atoms with Crippen LogP contribution in [0.5, 0.6) is 5.75 Å². The van der Waals surface area contributed by atoms with Crippen molar-refractivity contribution in [1.82, 2.24) is 0 Å². The quantitative estimate of drug-likeness (QED) is 0.707. The standard InChI is InChI=1S/C14H14O3/c1-8(2)11-6-10-5-9-3-4-14(15)17-12(9)7-13(10)16-11/h3-5,7-8,11H,6H2,1-2H3/t11-/m1/s1. The van der Waals surface area contributed by atoms with Crippen LogP contribution in [0.25, 0.3) is 11.0 Å². The zero-order valence-corrected chi connectivity index (χ0v) is 9.90. The second-order valence-electron chi connectivity index (χ2n) is 4.86. The SMILES string of the molecule is CC(C)[C@H]1Cc2cc3ccc(=O)oc3cc2O1. The number of hydrogen-bond acceptors (Lipinski definition) is 3. The monoisotopic (exact) mass is 230 g/mol. The van der Waals surface area contributed by atoms with Gasteiger partial charge in [-0.15, -0.1) is 0 Å². The lowest BCUT2D eigenvalue weighted by Gasteiger charge is -2.13. The molecule has 1 aliphatic rings. The first-order valence-electron chi connectivity index (χ1n) is 5.87. The van der Waals surface area contributed by atoms with E-state index in [0.29, 0.717) is 11.5 Å². The molecule has 0 saturated carbocycles. The van der Waals surface area contributed by atoms with E-state index in [-0.39, 0.29) is 11.7 Å². The predicted molar refractivity (Wildman–Crippen MR) is 65.4 cm³/mol. The Morgan fingerprint density at radius 3 is 2.88 bits per heavy atom. The fraction of sp³-hybridized carbons (Fsp3) is 0.357.